The Morgan fingerprint density at radius 2 is 1.76 bits per heavy atom. The Morgan fingerprint density at radius 3 is 2.41 bits per heavy atom. The lowest BCUT2D eigenvalue weighted by atomic mass is 9.75. The van der Waals surface area contributed by atoms with E-state index in [1.54, 1.807) is 21.3 Å². The largest absolute Gasteiger partial charge is 0.496 e. The van der Waals surface area contributed by atoms with Crippen LogP contribution in [0, 0.1) is 5.41 Å². The molecule has 1 fully saturated rings. The molecule has 0 spiro atoms. The van der Waals surface area contributed by atoms with Gasteiger partial charge in [0.2, 0.25) is 0 Å². The first-order valence-electron chi connectivity index (χ1n) is 9.89. The molecule has 29 heavy (non-hydrogen) atoms. The number of hydrogen-bond donors (Lipinski definition) is 1. The van der Waals surface area contributed by atoms with Gasteiger partial charge >= 0.3 is 0 Å². The quantitative estimate of drug-likeness (QED) is 0.695. The minimum Gasteiger partial charge on any atom is -0.496 e. The van der Waals surface area contributed by atoms with Gasteiger partial charge in [-0.3, -0.25) is 4.90 Å². The number of ether oxygens (including phenoxy) is 3. The molecular formula is C23H30ClNO4. The molecule has 0 amide bonds. The van der Waals surface area contributed by atoms with E-state index in [0.29, 0.717) is 11.5 Å². The molecule has 3 rings (SSSR count). The second-order valence-electron chi connectivity index (χ2n) is 7.80. The molecule has 0 bridgehead atoms. The lowest BCUT2D eigenvalue weighted by Gasteiger charge is -2.42. The summed E-state index contributed by atoms with van der Waals surface area (Å²) in [4.78, 5) is 2.38. The van der Waals surface area contributed by atoms with Crippen molar-refractivity contribution < 1.29 is 19.3 Å². The molecule has 1 aliphatic heterocycles. The highest BCUT2D eigenvalue weighted by atomic mass is 35.5. The van der Waals surface area contributed by atoms with Crippen molar-refractivity contribution in [1.82, 2.24) is 4.90 Å². The van der Waals surface area contributed by atoms with Gasteiger partial charge in [0, 0.05) is 35.2 Å². The Kier molecular flexibility index (Phi) is 7.28. The summed E-state index contributed by atoms with van der Waals surface area (Å²) in [6.07, 6.45) is 2.84. The molecular weight excluding hydrogens is 390 g/mol. The summed E-state index contributed by atoms with van der Waals surface area (Å²) in [6.45, 7) is 2.67. The highest BCUT2D eigenvalue weighted by molar-refractivity contribution is 6.30. The van der Waals surface area contributed by atoms with Gasteiger partial charge in [0.1, 0.15) is 5.75 Å². The van der Waals surface area contributed by atoms with E-state index >= 15 is 0 Å². The van der Waals surface area contributed by atoms with Crippen LogP contribution in [0.25, 0.3) is 0 Å². The summed E-state index contributed by atoms with van der Waals surface area (Å²) in [6, 6.07) is 11.8. The average molecular weight is 420 g/mol. The van der Waals surface area contributed by atoms with Crippen LogP contribution >= 0.6 is 11.6 Å². The Morgan fingerprint density at radius 1 is 1.03 bits per heavy atom. The monoisotopic (exact) mass is 419 g/mol. The van der Waals surface area contributed by atoms with Crippen molar-refractivity contribution in [3.63, 3.8) is 0 Å². The van der Waals surface area contributed by atoms with Gasteiger partial charge in [-0.2, -0.15) is 0 Å². The average Bonchev–Trinajstić information content (AvgIpc) is 2.73. The van der Waals surface area contributed by atoms with Crippen LogP contribution in [0.15, 0.2) is 36.4 Å². The number of nitrogens with zero attached hydrogens (tertiary/aromatic N) is 1. The van der Waals surface area contributed by atoms with E-state index in [1.807, 2.05) is 30.3 Å². The number of methoxy groups -OCH3 is 3. The molecule has 158 valence electrons. The van der Waals surface area contributed by atoms with Gasteiger partial charge in [0.05, 0.1) is 27.9 Å². The van der Waals surface area contributed by atoms with Crippen molar-refractivity contribution in [1.29, 1.82) is 0 Å². The van der Waals surface area contributed by atoms with Crippen molar-refractivity contribution >= 4 is 11.6 Å². The molecule has 6 heteroatoms. The summed E-state index contributed by atoms with van der Waals surface area (Å²) in [5, 5.41) is 11.0. The maximum absolute atomic E-state index is 10.3. The van der Waals surface area contributed by atoms with E-state index in [-0.39, 0.29) is 12.0 Å². The lowest BCUT2D eigenvalue weighted by Crippen LogP contribution is -2.46. The van der Waals surface area contributed by atoms with Gasteiger partial charge in [-0.15, -0.1) is 0 Å². The highest BCUT2D eigenvalue weighted by Crippen LogP contribution is 2.38. The molecule has 1 atom stereocenters. The summed E-state index contributed by atoms with van der Waals surface area (Å²) in [7, 11) is 4.92. The molecule has 1 saturated heterocycles. The van der Waals surface area contributed by atoms with E-state index in [4.69, 9.17) is 25.8 Å². The minimum absolute atomic E-state index is 0.152. The highest BCUT2D eigenvalue weighted by Gasteiger charge is 2.35. The molecule has 1 N–H and O–H groups in total. The molecule has 0 radical (unpaired) electrons. The van der Waals surface area contributed by atoms with Gasteiger partial charge in [0.15, 0.2) is 11.5 Å². The molecule has 0 aromatic heterocycles. The van der Waals surface area contributed by atoms with Gasteiger partial charge in [-0.05, 0) is 49.6 Å². The number of aliphatic hydroxyl groups is 1. The number of aliphatic hydroxyl groups excluding tert-OH is 1. The van der Waals surface area contributed by atoms with Crippen LogP contribution < -0.4 is 14.2 Å². The molecule has 2 aromatic rings. The Bertz CT molecular complexity index is 829. The smallest absolute Gasteiger partial charge is 0.164 e. The van der Waals surface area contributed by atoms with E-state index in [2.05, 4.69) is 11.0 Å². The molecule has 1 aliphatic rings. The summed E-state index contributed by atoms with van der Waals surface area (Å²) < 4.78 is 16.4. The second-order valence-corrected chi connectivity index (χ2v) is 8.23. The van der Waals surface area contributed by atoms with Crippen LogP contribution in [0.4, 0.5) is 0 Å². The number of hydrogen-bond acceptors (Lipinski definition) is 5. The second kappa shape index (κ2) is 9.70. The molecule has 0 saturated carbocycles. The van der Waals surface area contributed by atoms with Crippen molar-refractivity contribution in [3.05, 3.63) is 52.5 Å². The normalized spacial score (nSPS) is 19.8. The van der Waals surface area contributed by atoms with Crippen molar-refractivity contribution in [3.8, 4) is 17.2 Å². The predicted octanol–water partition coefficient (Wildman–Crippen LogP) is 4.18. The van der Waals surface area contributed by atoms with E-state index in [0.717, 1.165) is 60.8 Å². The van der Waals surface area contributed by atoms with Gasteiger partial charge in [-0.1, -0.05) is 23.7 Å². The third-order valence-electron chi connectivity index (χ3n) is 5.72. The van der Waals surface area contributed by atoms with Crippen LogP contribution in [0.2, 0.25) is 5.02 Å². The van der Waals surface area contributed by atoms with Crippen molar-refractivity contribution in [2.75, 3.05) is 41.0 Å². The Labute approximate surface area is 178 Å². The van der Waals surface area contributed by atoms with Crippen LogP contribution in [-0.4, -0.2) is 51.0 Å². The van der Waals surface area contributed by atoms with Crippen LogP contribution in [0.3, 0.4) is 0 Å². The number of piperidine rings is 1. The van der Waals surface area contributed by atoms with Crippen LogP contribution in [0.5, 0.6) is 17.2 Å². The molecule has 0 unspecified atom stereocenters. The predicted molar refractivity (Wildman–Crippen MR) is 115 cm³/mol. The number of likely N-dealkylation sites (tertiary alicyclic amines) is 1. The first-order chi connectivity index (χ1) is 14.0. The zero-order valence-corrected chi connectivity index (χ0v) is 18.2. The Hall–Kier alpha value is -1.95. The fourth-order valence-corrected chi connectivity index (χ4v) is 4.52. The minimum atomic E-state index is -0.174. The van der Waals surface area contributed by atoms with Crippen LogP contribution in [0.1, 0.15) is 24.0 Å². The standard InChI is InChI=1S/C23H30ClNO4/c1-27-20-12-22(29-3)21(28-2)11-18(20)14-25-9-5-8-23(15-25,16-26)13-17-6-4-7-19(24)10-17/h4,6-7,10-12,26H,5,8-9,13-16H2,1-3H3/t23-/m0/s1. The fourth-order valence-electron chi connectivity index (χ4n) is 4.31. The van der Waals surface area contributed by atoms with E-state index < -0.39 is 0 Å². The first kappa shape index (κ1) is 21.8. The molecule has 0 aliphatic carbocycles. The number of halogens is 1. The third kappa shape index (κ3) is 5.16. The van der Waals surface area contributed by atoms with Gasteiger partial charge in [0.25, 0.3) is 0 Å². The van der Waals surface area contributed by atoms with Gasteiger partial charge < -0.3 is 19.3 Å². The summed E-state index contributed by atoms with van der Waals surface area (Å²) in [5.74, 6) is 2.11. The molecule has 2 aromatic carbocycles. The molecule has 1 heterocycles. The third-order valence-corrected chi connectivity index (χ3v) is 5.96. The summed E-state index contributed by atoms with van der Waals surface area (Å²) in [5.41, 5.74) is 2.03. The zero-order chi connectivity index (χ0) is 20.9. The van der Waals surface area contributed by atoms with Crippen molar-refractivity contribution in [2.45, 2.75) is 25.8 Å². The first-order valence-corrected chi connectivity index (χ1v) is 10.3. The summed E-state index contributed by atoms with van der Waals surface area (Å²) >= 11 is 6.16. The van der Waals surface area contributed by atoms with Gasteiger partial charge in [-0.25, -0.2) is 0 Å². The Balaban J connectivity index is 1.79. The number of benzene rings is 2. The van der Waals surface area contributed by atoms with Crippen LogP contribution in [-0.2, 0) is 13.0 Å². The SMILES string of the molecule is COc1cc(OC)c(OC)cc1CN1CCC[C@](CO)(Cc2cccc(Cl)c2)C1. The molecule has 5 nitrogen and oxygen atoms in total. The fraction of sp³-hybridized carbons (Fsp3) is 0.478. The maximum Gasteiger partial charge on any atom is 0.164 e. The van der Waals surface area contributed by atoms with E-state index in [9.17, 15) is 5.11 Å². The lowest BCUT2D eigenvalue weighted by molar-refractivity contribution is 0.0285. The number of rotatable bonds is 8. The zero-order valence-electron chi connectivity index (χ0n) is 17.4. The van der Waals surface area contributed by atoms with Crippen molar-refractivity contribution in [2.24, 2.45) is 5.41 Å². The topological polar surface area (TPSA) is 51.2 Å². The maximum atomic E-state index is 10.3. The van der Waals surface area contributed by atoms with E-state index in [1.165, 1.54) is 0 Å².